The Morgan fingerprint density at radius 2 is 1.90 bits per heavy atom. The number of nitrogens with zero attached hydrogens (tertiary/aromatic N) is 1. The number of carbonyl (C=O) groups excluding carboxylic acids is 1. The van der Waals surface area contributed by atoms with Crippen molar-refractivity contribution in [2.45, 2.75) is 32.2 Å². The van der Waals surface area contributed by atoms with Crippen molar-refractivity contribution in [1.82, 2.24) is 10.3 Å². The van der Waals surface area contributed by atoms with Crippen molar-refractivity contribution in [3.63, 3.8) is 0 Å². The van der Waals surface area contributed by atoms with E-state index >= 15 is 0 Å². The molecule has 21 heavy (non-hydrogen) atoms. The third-order valence-electron chi connectivity index (χ3n) is 3.38. The molecule has 0 spiro atoms. The maximum atomic E-state index is 12.2. The van der Waals surface area contributed by atoms with Crippen LogP contribution >= 0.6 is 0 Å². The van der Waals surface area contributed by atoms with Crippen LogP contribution in [0.5, 0.6) is 0 Å². The number of hydrogen-bond acceptors (Lipinski definition) is 3. The van der Waals surface area contributed by atoms with E-state index in [9.17, 15) is 4.79 Å². The summed E-state index contributed by atoms with van der Waals surface area (Å²) in [7, 11) is 0. The number of benzene rings is 1. The first kappa shape index (κ1) is 15.0. The monoisotopic (exact) mass is 283 g/mol. The van der Waals surface area contributed by atoms with Crippen LogP contribution in [0.15, 0.2) is 48.7 Å². The topological polar surface area (TPSA) is 68.0 Å². The zero-order valence-electron chi connectivity index (χ0n) is 12.5. The average Bonchev–Trinajstić information content (AvgIpc) is 2.46. The molecule has 0 atom stereocenters. The molecule has 0 aliphatic heterocycles. The largest absolute Gasteiger partial charge is 0.384 e. The smallest absolute Gasteiger partial charge is 0.253 e. The molecule has 4 nitrogen and oxygen atoms in total. The number of pyridine rings is 1. The lowest BCUT2D eigenvalue weighted by molar-refractivity contribution is 0.0909. The lowest BCUT2D eigenvalue weighted by atomic mass is 9.95. The molecule has 2 aromatic rings. The Kier molecular flexibility index (Phi) is 4.58. The van der Waals surface area contributed by atoms with Crippen molar-refractivity contribution in [1.29, 1.82) is 0 Å². The van der Waals surface area contributed by atoms with E-state index in [0.29, 0.717) is 11.4 Å². The first-order valence-corrected chi connectivity index (χ1v) is 7.04. The molecule has 0 unspecified atom stereocenters. The number of aromatic nitrogens is 1. The molecule has 1 aromatic heterocycles. The molecule has 0 aliphatic rings. The van der Waals surface area contributed by atoms with E-state index in [1.165, 1.54) is 11.8 Å². The van der Waals surface area contributed by atoms with E-state index in [1.807, 2.05) is 32.0 Å². The van der Waals surface area contributed by atoms with Crippen LogP contribution in [0.25, 0.3) is 0 Å². The van der Waals surface area contributed by atoms with E-state index in [1.54, 1.807) is 12.1 Å². The van der Waals surface area contributed by atoms with Gasteiger partial charge in [0.15, 0.2) is 0 Å². The van der Waals surface area contributed by atoms with Gasteiger partial charge in [0.1, 0.15) is 5.82 Å². The van der Waals surface area contributed by atoms with Crippen LogP contribution in [-0.2, 0) is 6.42 Å². The van der Waals surface area contributed by atoms with E-state index < -0.39 is 0 Å². The molecule has 3 N–H and O–H groups in total. The fraction of sp³-hybridized carbons (Fsp3) is 0.294. The summed E-state index contributed by atoms with van der Waals surface area (Å²) < 4.78 is 0. The molecule has 0 saturated heterocycles. The van der Waals surface area contributed by atoms with Crippen molar-refractivity contribution < 1.29 is 4.79 Å². The molecule has 2 rings (SSSR count). The minimum absolute atomic E-state index is 0.124. The minimum atomic E-state index is -0.283. The molecule has 0 radical (unpaired) electrons. The van der Waals surface area contributed by atoms with E-state index in [-0.39, 0.29) is 11.4 Å². The normalized spacial score (nSPS) is 11.1. The summed E-state index contributed by atoms with van der Waals surface area (Å²) in [5.74, 6) is 0.287. The first-order chi connectivity index (χ1) is 9.96. The van der Waals surface area contributed by atoms with E-state index in [2.05, 4.69) is 22.4 Å². The lowest BCUT2D eigenvalue weighted by Gasteiger charge is -2.26. The molecule has 1 aromatic carbocycles. The summed E-state index contributed by atoms with van der Waals surface area (Å²) in [6.45, 7) is 4.05. The second kappa shape index (κ2) is 6.39. The first-order valence-electron chi connectivity index (χ1n) is 7.04. The Morgan fingerprint density at radius 3 is 2.52 bits per heavy atom. The van der Waals surface area contributed by atoms with Gasteiger partial charge in [-0.25, -0.2) is 4.98 Å². The Hall–Kier alpha value is -2.36. The van der Waals surface area contributed by atoms with E-state index in [0.717, 1.165) is 12.8 Å². The average molecular weight is 283 g/mol. The van der Waals surface area contributed by atoms with Crippen LogP contribution in [0.4, 0.5) is 5.82 Å². The fourth-order valence-corrected chi connectivity index (χ4v) is 2.08. The maximum absolute atomic E-state index is 12.2. The van der Waals surface area contributed by atoms with Gasteiger partial charge in [-0.05, 0) is 44.4 Å². The van der Waals surface area contributed by atoms with E-state index in [4.69, 9.17) is 5.73 Å². The van der Waals surface area contributed by atoms with Crippen LogP contribution in [0.3, 0.4) is 0 Å². The van der Waals surface area contributed by atoms with Gasteiger partial charge in [-0.15, -0.1) is 0 Å². The number of anilines is 1. The van der Waals surface area contributed by atoms with Gasteiger partial charge >= 0.3 is 0 Å². The number of hydrogen-bond donors (Lipinski definition) is 2. The SMILES string of the molecule is CC(C)(CCc1ccccc1)NC(=O)c1ccc(N)nc1. The summed E-state index contributed by atoms with van der Waals surface area (Å²) >= 11 is 0. The molecule has 0 saturated carbocycles. The van der Waals surface area contributed by atoms with Gasteiger partial charge in [-0.3, -0.25) is 4.79 Å². The van der Waals surface area contributed by atoms with Crippen LogP contribution < -0.4 is 11.1 Å². The highest BCUT2D eigenvalue weighted by molar-refractivity contribution is 5.94. The van der Waals surface area contributed by atoms with Gasteiger partial charge in [-0.2, -0.15) is 0 Å². The Morgan fingerprint density at radius 1 is 1.19 bits per heavy atom. The molecule has 110 valence electrons. The zero-order chi connectivity index (χ0) is 15.3. The second-order valence-corrected chi connectivity index (χ2v) is 5.80. The number of rotatable bonds is 5. The highest BCUT2D eigenvalue weighted by Gasteiger charge is 2.21. The van der Waals surface area contributed by atoms with Crippen LogP contribution in [-0.4, -0.2) is 16.4 Å². The Bertz CT molecular complexity index is 591. The third-order valence-corrected chi connectivity index (χ3v) is 3.38. The number of nitrogens with one attached hydrogen (secondary N) is 1. The van der Waals surface area contributed by atoms with Gasteiger partial charge < -0.3 is 11.1 Å². The van der Waals surface area contributed by atoms with Crippen molar-refractivity contribution >= 4 is 11.7 Å². The molecule has 1 heterocycles. The van der Waals surface area contributed by atoms with Crippen LogP contribution in [0, 0.1) is 0 Å². The Labute approximate surface area is 125 Å². The van der Waals surface area contributed by atoms with Gasteiger partial charge in [0, 0.05) is 11.7 Å². The van der Waals surface area contributed by atoms with Gasteiger partial charge in [-0.1, -0.05) is 30.3 Å². The predicted octanol–water partition coefficient (Wildman–Crippen LogP) is 2.81. The van der Waals surface area contributed by atoms with Gasteiger partial charge in [0.05, 0.1) is 5.56 Å². The standard InChI is InChI=1S/C17H21N3O/c1-17(2,11-10-13-6-4-3-5-7-13)20-16(21)14-8-9-15(18)19-12-14/h3-9,12H,10-11H2,1-2H3,(H2,18,19)(H,20,21). The molecule has 1 amide bonds. The quantitative estimate of drug-likeness (QED) is 0.886. The number of amides is 1. The van der Waals surface area contributed by atoms with Gasteiger partial charge in [0.2, 0.25) is 0 Å². The van der Waals surface area contributed by atoms with Crippen LogP contribution in [0.1, 0.15) is 36.2 Å². The maximum Gasteiger partial charge on any atom is 0.253 e. The molecular weight excluding hydrogens is 262 g/mol. The Balaban J connectivity index is 1.93. The molecular formula is C17H21N3O. The molecule has 0 bridgehead atoms. The zero-order valence-corrected chi connectivity index (χ0v) is 12.5. The lowest BCUT2D eigenvalue weighted by Crippen LogP contribution is -2.43. The van der Waals surface area contributed by atoms with Gasteiger partial charge in [0.25, 0.3) is 5.91 Å². The summed E-state index contributed by atoms with van der Waals surface area (Å²) in [4.78, 5) is 16.1. The molecule has 0 fully saturated rings. The van der Waals surface area contributed by atoms with Crippen molar-refractivity contribution in [2.24, 2.45) is 0 Å². The number of aryl methyl sites for hydroxylation is 1. The van der Waals surface area contributed by atoms with Crippen molar-refractivity contribution in [3.8, 4) is 0 Å². The number of nitrogens with two attached hydrogens (primary N) is 1. The minimum Gasteiger partial charge on any atom is -0.384 e. The van der Waals surface area contributed by atoms with Crippen molar-refractivity contribution in [2.75, 3.05) is 5.73 Å². The van der Waals surface area contributed by atoms with Crippen LogP contribution in [0.2, 0.25) is 0 Å². The second-order valence-electron chi connectivity index (χ2n) is 5.80. The summed E-state index contributed by atoms with van der Waals surface area (Å²) in [6, 6.07) is 13.6. The third kappa shape index (κ3) is 4.60. The molecule has 0 aliphatic carbocycles. The summed E-state index contributed by atoms with van der Waals surface area (Å²) in [5, 5.41) is 3.04. The summed E-state index contributed by atoms with van der Waals surface area (Å²) in [5.41, 5.74) is 7.04. The fourth-order valence-electron chi connectivity index (χ4n) is 2.08. The number of carbonyl (C=O) groups is 1. The summed E-state index contributed by atoms with van der Waals surface area (Å²) in [6.07, 6.45) is 3.29. The predicted molar refractivity (Wildman–Crippen MR) is 85.0 cm³/mol. The number of nitrogen functional groups attached to an aromatic ring is 1. The van der Waals surface area contributed by atoms with Crippen molar-refractivity contribution in [3.05, 3.63) is 59.8 Å². The highest BCUT2D eigenvalue weighted by atomic mass is 16.1. The molecule has 4 heteroatoms. The highest BCUT2D eigenvalue weighted by Crippen LogP contribution is 2.14.